The fraction of sp³-hybridized carbons (Fsp3) is 0. The van der Waals surface area contributed by atoms with E-state index >= 15 is 0 Å². The Morgan fingerprint density at radius 3 is 3.10 bits per heavy atom. The number of rotatable bonds is 0. The van der Waals surface area contributed by atoms with Gasteiger partial charge < -0.3 is 0 Å². The van der Waals surface area contributed by atoms with Gasteiger partial charge in [0.15, 0.2) is 0 Å². The third-order valence-electron chi connectivity index (χ3n) is 1.47. The number of fused-ring (bicyclic) bond motifs is 1. The molecule has 0 aliphatic heterocycles. The van der Waals surface area contributed by atoms with E-state index in [0.29, 0.717) is 0 Å². The zero-order chi connectivity index (χ0) is 6.97. The minimum absolute atomic E-state index is 1.05. The van der Waals surface area contributed by atoms with Crippen molar-refractivity contribution < 1.29 is 0 Å². The molecule has 0 aromatic carbocycles. The van der Waals surface area contributed by atoms with Gasteiger partial charge in [0, 0.05) is 17.8 Å². The maximum Gasteiger partial charge on any atom is 0.0771 e. The second kappa shape index (κ2) is 2.02. The Balaban J connectivity index is 2.93. The molecule has 2 rings (SSSR count). The Labute approximate surface area is 64.0 Å². The third kappa shape index (κ3) is 0.708. The maximum atomic E-state index is 4.18. The first kappa shape index (κ1) is 5.80. The van der Waals surface area contributed by atoms with Gasteiger partial charge >= 0.3 is 0 Å². The van der Waals surface area contributed by atoms with Crippen LogP contribution in [0.5, 0.6) is 0 Å². The topological polar surface area (TPSA) is 17.8 Å². The van der Waals surface area contributed by atoms with Crippen molar-refractivity contribution in [3.8, 4) is 0 Å². The van der Waals surface area contributed by atoms with E-state index in [0.717, 1.165) is 5.52 Å². The molecule has 50 valence electrons. The van der Waals surface area contributed by atoms with Crippen LogP contribution in [0.1, 0.15) is 0 Å². The first-order valence-electron chi connectivity index (χ1n) is 2.98. The molecule has 2 aromatic heterocycles. The van der Waals surface area contributed by atoms with Gasteiger partial charge in [0.2, 0.25) is 0 Å². The summed E-state index contributed by atoms with van der Waals surface area (Å²) in [6, 6.07) is 3.96. The summed E-state index contributed by atoms with van der Waals surface area (Å²) in [7, 11) is 0. The Hall–Kier alpha value is -0.960. The van der Waals surface area contributed by atoms with Crippen LogP contribution in [0.4, 0.5) is 0 Å². The lowest BCUT2D eigenvalue weighted by Gasteiger charge is -1.90. The van der Waals surface area contributed by atoms with E-state index in [1.807, 2.05) is 18.3 Å². The smallest absolute Gasteiger partial charge is 0.0771 e. The van der Waals surface area contributed by atoms with Gasteiger partial charge in [0.25, 0.3) is 0 Å². The highest BCUT2D eigenvalue weighted by atomic mass is 32.1. The number of hydrogen-bond acceptors (Lipinski definition) is 2. The van der Waals surface area contributed by atoms with Gasteiger partial charge in [-0.1, -0.05) is 12.8 Å². The molecule has 0 fully saturated rings. The predicted molar refractivity (Wildman–Crippen MR) is 44.1 cm³/mol. The van der Waals surface area contributed by atoms with Crippen LogP contribution in [-0.4, -0.2) is 8.96 Å². The van der Waals surface area contributed by atoms with Crippen molar-refractivity contribution in [3.63, 3.8) is 0 Å². The van der Waals surface area contributed by atoms with Gasteiger partial charge in [-0.3, -0.25) is 8.96 Å². The van der Waals surface area contributed by atoms with Crippen molar-refractivity contribution in [1.82, 2.24) is 8.96 Å². The predicted octanol–water partition coefficient (Wildman–Crippen LogP) is 1.73. The monoisotopic (exact) mass is 150 g/mol. The van der Waals surface area contributed by atoms with Gasteiger partial charge in [-0.25, -0.2) is 0 Å². The zero-order valence-corrected chi connectivity index (χ0v) is 6.12. The van der Waals surface area contributed by atoms with Crippen LogP contribution < -0.4 is 0 Å². The average Bonchev–Trinajstić information content (AvgIpc) is 2.34. The third-order valence-corrected chi connectivity index (χ3v) is 1.82. The number of nitrogens with zero attached hydrogens (tertiary/aromatic N) is 2. The molecule has 10 heavy (non-hydrogen) atoms. The van der Waals surface area contributed by atoms with Gasteiger partial charge in [0.1, 0.15) is 0 Å². The Kier molecular flexibility index (Phi) is 1.17. The summed E-state index contributed by atoms with van der Waals surface area (Å²) in [4.78, 5) is 3.98. The molecule has 0 amide bonds. The lowest BCUT2D eigenvalue weighted by molar-refractivity contribution is 1.30. The van der Waals surface area contributed by atoms with Crippen molar-refractivity contribution in [1.29, 1.82) is 0 Å². The highest BCUT2D eigenvalue weighted by Gasteiger charge is 1.94. The first-order chi connectivity index (χ1) is 4.88. The van der Waals surface area contributed by atoms with E-state index in [9.17, 15) is 0 Å². The Bertz CT molecular complexity index is 353. The van der Waals surface area contributed by atoms with E-state index in [1.165, 1.54) is 5.39 Å². The standard InChI is InChI=1S/C7H6N2S/c10-9-4-2-6-1-3-8-5-7(6)9/h1-5,10H. The lowest BCUT2D eigenvalue weighted by Crippen LogP contribution is -1.76. The number of pyridine rings is 1. The van der Waals surface area contributed by atoms with Crippen molar-refractivity contribution in [2.75, 3.05) is 0 Å². The number of hydrogen-bond donors (Lipinski definition) is 1. The van der Waals surface area contributed by atoms with Crippen LogP contribution in [0.15, 0.2) is 30.7 Å². The van der Waals surface area contributed by atoms with E-state index < -0.39 is 0 Å². The molecular formula is C7H6N2S. The van der Waals surface area contributed by atoms with Crippen LogP contribution in [0.25, 0.3) is 10.9 Å². The average molecular weight is 150 g/mol. The molecule has 0 atom stereocenters. The quantitative estimate of drug-likeness (QED) is 0.566. The van der Waals surface area contributed by atoms with Gasteiger partial charge in [-0.2, -0.15) is 0 Å². The molecular weight excluding hydrogens is 144 g/mol. The maximum absolute atomic E-state index is 4.18. The normalized spacial score (nSPS) is 10.5. The second-order valence-electron chi connectivity index (χ2n) is 2.09. The molecule has 0 bridgehead atoms. The SMILES string of the molecule is Sn1ccc2ccncc21. The zero-order valence-electron chi connectivity index (χ0n) is 5.23. The summed E-state index contributed by atoms with van der Waals surface area (Å²) >= 11 is 4.18. The largest absolute Gasteiger partial charge is 0.292 e. The van der Waals surface area contributed by atoms with E-state index in [4.69, 9.17) is 0 Å². The molecule has 0 aliphatic rings. The molecule has 0 N–H and O–H groups in total. The summed E-state index contributed by atoms with van der Waals surface area (Å²) in [6.45, 7) is 0. The molecule has 0 unspecified atom stereocenters. The summed E-state index contributed by atoms with van der Waals surface area (Å²) in [5.74, 6) is 0. The minimum Gasteiger partial charge on any atom is -0.292 e. The van der Waals surface area contributed by atoms with Crippen LogP contribution in [-0.2, 0) is 0 Å². The highest BCUT2D eigenvalue weighted by Crippen LogP contribution is 2.13. The van der Waals surface area contributed by atoms with E-state index in [-0.39, 0.29) is 0 Å². The summed E-state index contributed by atoms with van der Waals surface area (Å²) in [6.07, 6.45) is 5.47. The molecule has 0 saturated heterocycles. The summed E-state index contributed by atoms with van der Waals surface area (Å²) in [5.41, 5.74) is 1.05. The Morgan fingerprint density at radius 2 is 2.30 bits per heavy atom. The van der Waals surface area contributed by atoms with Gasteiger partial charge in [-0.15, -0.1) is 0 Å². The lowest BCUT2D eigenvalue weighted by atomic mass is 10.3. The molecule has 0 spiro atoms. The number of thiol groups is 1. The fourth-order valence-corrected chi connectivity index (χ4v) is 1.19. The van der Waals surface area contributed by atoms with Crippen molar-refractivity contribution in [2.24, 2.45) is 0 Å². The molecule has 2 aromatic rings. The van der Waals surface area contributed by atoms with Crippen LogP contribution in [0, 0.1) is 0 Å². The highest BCUT2D eigenvalue weighted by molar-refractivity contribution is 7.78. The van der Waals surface area contributed by atoms with Crippen LogP contribution in [0.3, 0.4) is 0 Å². The molecule has 3 heteroatoms. The molecule has 2 nitrogen and oxygen atoms in total. The van der Waals surface area contributed by atoms with Crippen molar-refractivity contribution >= 4 is 23.7 Å². The molecule has 0 radical (unpaired) electrons. The molecule has 0 aliphatic carbocycles. The van der Waals surface area contributed by atoms with Crippen LogP contribution >= 0.6 is 12.8 Å². The van der Waals surface area contributed by atoms with Gasteiger partial charge in [0.05, 0.1) is 11.7 Å². The van der Waals surface area contributed by atoms with Crippen molar-refractivity contribution in [3.05, 3.63) is 30.7 Å². The van der Waals surface area contributed by atoms with Crippen LogP contribution in [0.2, 0.25) is 0 Å². The van der Waals surface area contributed by atoms with E-state index in [1.54, 1.807) is 16.4 Å². The van der Waals surface area contributed by atoms with Crippen molar-refractivity contribution in [2.45, 2.75) is 0 Å². The second-order valence-corrected chi connectivity index (χ2v) is 2.53. The summed E-state index contributed by atoms with van der Waals surface area (Å²) < 4.78 is 1.75. The molecule has 0 saturated carbocycles. The molecule has 2 heterocycles. The van der Waals surface area contributed by atoms with Gasteiger partial charge in [-0.05, 0) is 12.1 Å². The Morgan fingerprint density at radius 1 is 1.40 bits per heavy atom. The summed E-state index contributed by atoms with van der Waals surface area (Å²) in [5, 5.41) is 1.17. The van der Waals surface area contributed by atoms with E-state index in [2.05, 4.69) is 17.8 Å². The fourth-order valence-electron chi connectivity index (χ4n) is 0.960. The number of aromatic nitrogens is 2. The minimum atomic E-state index is 1.05. The first-order valence-corrected chi connectivity index (χ1v) is 3.38.